The first kappa shape index (κ1) is 14.5. The third kappa shape index (κ3) is 2.94. The van der Waals surface area contributed by atoms with Crippen molar-refractivity contribution in [3.05, 3.63) is 42.1 Å². The lowest BCUT2D eigenvalue weighted by molar-refractivity contribution is 0.0205. The van der Waals surface area contributed by atoms with Gasteiger partial charge in [0.1, 0.15) is 0 Å². The molecule has 3 nitrogen and oxygen atoms in total. The van der Waals surface area contributed by atoms with Crippen molar-refractivity contribution >= 4 is 10.9 Å². The van der Waals surface area contributed by atoms with E-state index in [0.717, 1.165) is 48.8 Å². The molecule has 3 heteroatoms. The highest BCUT2D eigenvalue weighted by molar-refractivity contribution is 5.79. The third-order valence-electron chi connectivity index (χ3n) is 4.72. The SMILES string of the molecule is CC(C)N1CCCC(O)(c2ccc3cccnc3c2)CC1. The number of likely N-dealkylation sites (tertiary alicyclic amines) is 1. The van der Waals surface area contributed by atoms with Crippen LogP contribution in [0.2, 0.25) is 0 Å². The van der Waals surface area contributed by atoms with E-state index in [0.29, 0.717) is 6.04 Å². The molecule has 1 aliphatic heterocycles. The third-order valence-corrected chi connectivity index (χ3v) is 4.72. The Kier molecular flexibility index (Phi) is 3.96. The lowest BCUT2D eigenvalue weighted by atomic mass is 9.86. The van der Waals surface area contributed by atoms with Crippen molar-refractivity contribution < 1.29 is 5.11 Å². The normalized spacial score (nSPS) is 24.4. The molecule has 0 bridgehead atoms. The predicted molar refractivity (Wildman–Crippen MR) is 86.2 cm³/mol. The first-order chi connectivity index (χ1) is 10.1. The molecule has 21 heavy (non-hydrogen) atoms. The smallest absolute Gasteiger partial charge is 0.0910 e. The summed E-state index contributed by atoms with van der Waals surface area (Å²) in [5.74, 6) is 0. The van der Waals surface area contributed by atoms with E-state index in [1.54, 1.807) is 0 Å². The summed E-state index contributed by atoms with van der Waals surface area (Å²) in [6, 6.07) is 10.7. The highest BCUT2D eigenvalue weighted by Gasteiger charge is 2.32. The van der Waals surface area contributed by atoms with E-state index in [9.17, 15) is 5.11 Å². The number of rotatable bonds is 2. The summed E-state index contributed by atoms with van der Waals surface area (Å²) in [6.07, 6.45) is 4.47. The Balaban J connectivity index is 1.89. The van der Waals surface area contributed by atoms with Crippen LogP contribution in [0.4, 0.5) is 0 Å². The van der Waals surface area contributed by atoms with Gasteiger partial charge in [0.15, 0.2) is 0 Å². The van der Waals surface area contributed by atoms with Crippen LogP contribution in [-0.2, 0) is 5.60 Å². The van der Waals surface area contributed by atoms with Gasteiger partial charge in [-0.1, -0.05) is 18.2 Å². The molecule has 1 unspecified atom stereocenters. The number of aliphatic hydroxyl groups is 1. The Morgan fingerprint density at radius 2 is 2.05 bits per heavy atom. The van der Waals surface area contributed by atoms with Gasteiger partial charge in [0.2, 0.25) is 0 Å². The molecule has 112 valence electrons. The Morgan fingerprint density at radius 1 is 1.19 bits per heavy atom. The van der Waals surface area contributed by atoms with Crippen LogP contribution < -0.4 is 0 Å². The maximum absolute atomic E-state index is 11.1. The Labute approximate surface area is 126 Å². The van der Waals surface area contributed by atoms with E-state index in [1.165, 1.54) is 0 Å². The Hall–Kier alpha value is -1.45. The molecule has 2 aromatic rings. The minimum atomic E-state index is -0.713. The van der Waals surface area contributed by atoms with Gasteiger partial charge in [-0.05, 0) is 57.4 Å². The Morgan fingerprint density at radius 3 is 2.86 bits per heavy atom. The highest BCUT2D eigenvalue weighted by Crippen LogP contribution is 2.34. The summed E-state index contributed by atoms with van der Waals surface area (Å²) in [4.78, 5) is 6.87. The largest absolute Gasteiger partial charge is 0.385 e. The molecule has 1 aromatic heterocycles. The van der Waals surface area contributed by atoms with Gasteiger partial charge in [0, 0.05) is 24.2 Å². The van der Waals surface area contributed by atoms with E-state index in [4.69, 9.17) is 0 Å². The highest BCUT2D eigenvalue weighted by atomic mass is 16.3. The maximum Gasteiger partial charge on any atom is 0.0910 e. The van der Waals surface area contributed by atoms with Crippen LogP contribution in [0.1, 0.15) is 38.7 Å². The lowest BCUT2D eigenvalue weighted by Crippen LogP contribution is -2.33. The minimum absolute atomic E-state index is 0.547. The van der Waals surface area contributed by atoms with Crippen molar-refractivity contribution in [2.75, 3.05) is 13.1 Å². The first-order valence-electron chi connectivity index (χ1n) is 7.90. The first-order valence-corrected chi connectivity index (χ1v) is 7.90. The molecule has 1 aliphatic rings. The molecule has 0 amide bonds. The van der Waals surface area contributed by atoms with Gasteiger partial charge in [-0.3, -0.25) is 4.98 Å². The van der Waals surface area contributed by atoms with Crippen molar-refractivity contribution in [3.63, 3.8) is 0 Å². The summed E-state index contributed by atoms with van der Waals surface area (Å²) < 4.78 is 0. The molecular weight excluding hydrogens is 260 g/mol. The predicted octanol–water partition coefficient (Wildman–Crippen LogP) is 3.32. The fraction of sp³-hybridized carbons (Fsp3) is 0.500. The van der Waals surface area contributed by atoms with Crippen LogP contribution in [0.15, 0.2) is 36.5 Å². The molecule has 0 spiro atoms. The van der Waals surface area contributed by atoms with Crippen molar-refractivity contribution in [2.45, 2.75) is 44.8 Å². The number of benzene rings is 1. The molecule has 1 fully saturated rings. The van der Waals surface area contributed by atoms with Crippen molar-refractivity contribution in [1.82, 2.24) is 9.88 Å². The molecule has 2 heterocycles. The second kappa shape index (κ2) is 5.74. The molecule has 1 N–H and O–H groups in total. The number of nitrogens with zero attached hydrogens (tertiary/aromatic N) is 2. The minimum Gasteiger partial charge on any atom is -0.385 e. The summed E-state index contributed by atoms with van der Waals surface area (Å²) >= 11 is 0. The Bertz CT molecular complexity index is 625. The standard InChI is InChI=1S/C18H24N2O/c1-14(2)20-11-4-8-18(21,9-12-20)16-7-6-15-5-3-10-19-17(15)13-16/h3,5-7,10,13-14,21H,4,8-9,11-12H2,1-2H3. The lowest BCUT2D eigenvalue weighted by Gasteiger charge is -2.28. The molecule has 0 saturated carbocycles. The van der Waals surface area contributed by atoms with Gasteiger partial charge in [-0.15, -0.1) is 0 Å². The van der Waals surface area contributed by atoms with Crippen LogP contribution in [0, 0.1) is 0 Å². The van der Waals surface area contributed by atoms with E-state index >= 15 is 0 Å². The molecule has 3 rings (SSSR count). The summed E-state index contributed by atoms with van der Waals surface area (Å²) in [7, 11) is 0. The number of aromatic nitrogens is 1. The summed E-state index contributed by atoms with van der Waals surface area (Å²) in [5.41, 5.74) is 1.27. The topological polar surface area (TPSA) is 36.4 Å². The van der Waals surface area contributed by atoms with Crippen molar-refractivity contribution in [3.8, 4) is 0 Å². The van der Waals surface area contributed by atoms with Crippen molar-refractivity contribution in [1.29, 1.82) is 0 Å². The number of fused-ring (bicyclic) bond motifs is 1. The van der Waals surface area contributed by atoms with Gasteiger partial charge < -0.3 is 10.0 Å². The second-order valence-corrected chi connectivity index (χ2v) is 6.43. The van der Waals surface area contributed by atoms with E-state index in [1.807, 2.05) is 12.3 Å². The average Bonchev–Trinajstić information content (AvgIpc) is 2.70. The van der Waals surface area contributed by atoms with Gasteiger partial charge >= 0.3 is 0 Å². The molecule has 0 radical (unpaired) electrons. The fourth-order valence-electron chi connectivity index (χ4n) is 3.30. The van der Waals surface area contributed by atoms with Gasteiger partial charge in [0.05, 0.1) is 11.1 Å². The van der Waals surface area contributed by atoms with Crippen LogP contribution in [0.5, 0.6) is 0 Å². The van der Waals surface area contributed by atoms with Crippen LogP contribution >= 0.6 is 0 Å². The number of hydrogen-bond acceptors (Lipinski definition) is 3. The maximum atomic E-state index is 11.1. The van der Waals surface area contributed by atoms with Crippen LogP contribution in [0.25, 0.3) is 10.9 Å². The van der Waals surface area contributed by atoms with Gasteiger partial charge in [0.25, 0.3) is 0 Å². The number of pyridine rings is 1. The molecule has 1 saturated heterocycles. The zero-order chi connectivity index (χ0) is 14.9. The zero-order valence-electron chi connectivity index (χ0n) is 12.9. The quantitative estimate of drug-likeness (QED) is 0.919. The fourth-order valence-corrected chi connectivity index (χ4v) is 3.30. The van der Waals surface area contributed by atoms with Crippen LogP contribution in [-0.4, -0.2) is 34.1 Å². The summed E-state index contributed by atoms with van der Waals surface area (Å²) in [6.45, 7) is 6.48. The molecule has 1 aromatic carbocycles. The van der Waals surface area contributed by atoms with E-state index in [2.05, 4.69) is 48.0 Å². The van der Waals surface area contributed by atoms with Gasteiger partial charge in [-0.25, -0.2) is 0 Å². The van der Waals surface area contributed by atoms with E-state index < -0.39 is 5.60 Å². The second-order valence-electron chi connectivity index (χ2n) is 6.43. The monoisotopic (exact) mass is 284 g/mol. The molecule has 1 atom stereocenters. The zero-order valence-corrected chi connectivity index (χ0v) is 12.9. The van der Waals surface area contributed by atoms with Crippen LogP contribution in [0.3, 0.4) is 0 Å². The van der Waals surface area contributed by atoms with Gasteiger partial charge in [-0.2, -0.15) is 0 Å². The van der Waals surface area contributed by atoms with Crippen molar-refractivity contribution in [2.24, 2.45) is 0 Å². The summed E-state index contributed by atoms with van der Waals surface area (Å²) in [5, 5.41) is 12.3. The molecule has 0 aliphatic carbocycles. The van der Waals surface area contributed by atoms with E-state index in [-0.39, 0.29) is 0 Å². The average molecular weight is 284 g/mol. The number of hydrogen-bond donors (Lipinski definition) is 1. The molecular formula is C18H24N2O.